The molecule has 19 heavy (non-hydrogen) atoms. The Kier molecular flexibility index (Phi) is 6.02. The molecule has 1 rings (SSSR count). The first kappa shape index (κ1) is 15.2. The molecule has 1 amide bonds. The molecule has 0 aromatic carbocycles. The summed E-state index contributed by atoms with van der Waals surface area (Å²) >= 11 is 0. The lowest BCUT2D eigenvalue weighted by Crippen LogP contribution is -2.28. The minimum atomic E-state index is -0.221. The Labute approximate surface area is 114 Å². The molecule has 0 aliphatic carbocycles. The number of carbonyl (C=O) groups is 1. The van der Waals surface area contributed by atoms with Gasteiger partial charge in [-0.2, -0.15) is 0 Å². The van der Waals surface area contributed by atoms with Crippen LogP contribution in [0.1, 0.15) is 12.6 Å². The number of nitrogens with zero attached hydrogens (tertiary/aromatic N) is 2. The zero-order chi connectivity index (χ0) is 14.3. The predicted octanol–water partition coefficient (Wildman–Crippen LogP) is 1.31. The van der Waals surface area contributed by atoms with Gasteiger partial charge in [-0.1, -0.05) is 6.58 Å². The third-order valence-electron chi connectivity index (χ3n) is 2.82. The lowest BCUT2D eigenvalue weighted by molar-refractivity contribution is -0.115. The van der Waals surface area contributed by atoms with Crippen molar-refractivity contribution in [1.82, 2.24) is 10.3 Å². The number of rotatable bonds is 7. The number of ether oxygens (including phenoxy) is 1. The quantitative estimate of drug-likeness (QED) is 0.595. The lowest BCUT2D eigenvalue weighted by atomic mass is 10.1. The minimum absolute atomic E-state index is 0.221. The van der Waals surface area contributed by atoms with Crippen LogP contribution in [0.5, 0.6) is 0 Å². The normalized spacial score (nSPS) is 10.1. The summed E-state index contributed by atoms with van der Waals surface area (Å²) in [6, 6.07) is 3.78. The number of methoxy groups -OCH3 is 1. The van der Waals surface area contributed by atoms with E-state index in [0.717, 1.165) is 12.2 Å². The van der Waals surface area contributed by atoms with Gasteiger partial charge in [0.2, 0.25) is 0 Å². The van der Waals surface area contributed by atoms with E-state index in [0.29, 0.717) is 24.4 Å². The van der Waals surface area contributed by atoms with Crippen LogP contribution in [0.25, 0.3) is 5.57 Å². The van der Waals surface area contributed by atoms with E-state index in [4.69, 9.17) is 4.74 Å². The van der Waals surface area contributed by atoms with Gasteiger partial charge >= 0.3 is 0 Å². The van der Waals surface area contributed by atoms with Crippen molar-refractivity contribution in [3.05, 3.63) is 30.6 Å². The van der Waals surface area contributed by atoms with Gasteiger partial charge in [-0.15, -0.1) is 0 Å². The second-order valence-electron chi connectivity index (χ2n) is 4.11. The largest absolute Gasteiger partial charge is 0.383 e. The van der Waals surface area contributed by atoms with Gasteiger partial charge in [0.15, 0.2) is 0 Å². The molecule has 5 heteroatoms. The Hall–Kier alpha value is -1.88. The number of anilines is 1. The molecule has 0 spiro atoms. The van der Waals surface area contributed by atoms with Crippen LogP contribution in [0.15, 0.2) is 24.9 Å². The van der Waals surface area contributed by atoms with Crippen LogP contribution < -0.4 is 10.2 Å². The van der Waals surface area contributed by atoms with Crippen molar-refractivity contribution >= 4 is 17.2 Å². The number of pyridine rings is 1. The van der Waals surface area contributed by atoms with Crippen molar-refractivity contribution in [2.24, 2.45) is 0 Å². The van der Waals surface area contributed by atoms with Crippen LogP contribution in [0.2, 0.25) is 0 Å². The number of hydrogen-bond donors (Lipinski definition) is 1. The maximum atomic E-state index is 12.0. The maximum absolute atomic E-state index is 12.0. The summed E-state index contributed by atoms with van der Waals surface area (Å²) in [5, 5.41) is 2.74. The van der Waals surface area contributed by atoms with E-state index in [9.17, 15) is 4.79 Å². The Bertz CT molecular complexity index is 446. The molecule has 1 heterocycles. The van der Waals surface area contributed by atoms with Crippen molar-refractivity contribution in [2.75, 3.05) is 38.8 Å². The Morgan fingerprint density at radius 1 is 1.58 bits per heavy atom. The fourth-order valence-electron chi connectivity index (χ4n) is 1.59. The summed E-state index contributed by atoms with van der Waals surface area (Å²) in [6.07, 6.45) is 1.66. The van der Waals surface area contributed by atoms with Crippen molar-refractivity contribution in [3.63, 3.8) is 0 Å². The molecule has 0 unspecified atom stereocenters. The number of hydrogen-bond acceptors (Lipinski definition) is 4. The first-order chi connectivity index (χ1) is 9.11. The van der Waals surface area contributed by atoms with E-state index < -0.39 is 0 Å². The fourth-order valence-corrected chi connectivity index (χ4v) is 1.59. The van der Waals surface area contributed by atoms with E-state index in [2.05, 4.69) is 16.9 Å². The number of aromatic nitrogens is 1. The van der Waals surface area contributed by atoms with E-state index in [1.807, 2.05) is 31.0 Å². The van der Waals surface area contributed by atoms with Gasteiger partial charge in [0.05, 0.1) is 23.6 Å². The molecule has 1 N–H and O–H groups in total. The Morgan fingerprint density at radius 3 is 2.95 bits per heavy atom. The lowest BCUT2D eigenvalue weighted by Gasteiger charge is -2.20. The molecule has 1 aromatic heterocycles. The first-order valence-electron chi connectivity index (χ1n) is 6.24. The third kappa shape index (κ3) is 4.06. The van der Waals surface area contributed by atoms with Gasteiger partial charge in [0, 0.05) is 33.4 Å². The molecular weight excluding hydrogens is 242 g/mol. The average Bonchev–Trinajstić information content (AvgIpc) is 2.45. The molecule has 0 radical (unpaired) electrons. The van der Waals surface area contributed by atoms with Gasteiger partial charge in [-0.3, -0.25) is 9.78 Å². The predicted molar refractivity (Wildman–Crippen MR) is 77.1 cm³/mol. The molecule has 104 valence electrons. The highest BCUT2D eigenvalue weighted by atomic mass is 16.5. The number of nitrogens with one attached hydrogen (secondary N) is 1. The smallest absolute Gasteiger partial charge is 0.253 e. The monoisotopic (exact) mass is 263 g/mol. The molecule has 0 saturated heterocycles. The van der Waals surface area contributed by atoms with Crippen LogP contribution in [-0.4, -0.2) is 44.7 Å². The summed E-state index contributed by atoms with van der Waals surface area (Å²) in [6.45, 7) is 7.64. The first-order valence-corrected chi connectivity index (χ1v) is 6.24. The molecule has 0 atom stereocenters. The summed E-state index contributed by atoms with van der Waals surface area (Å²) in [4.78, 5) is 18.2. The van der Waals surface area contributed by atoms with Crippen molar-refractivity contribution in [3.8, 4) is 0 Å². The summed E-state index contributed by atoms with van der Waals surface area (Å²) < 4.78 is 4.89. The average molecular weight is 263 g/mol. The maximum Gasteiger partial charge on any atom is 0.253 e. The van der Waals surface area contributed by atoms with E-state index in [-0.39, 0.29) is 5.91 Å². The van der Waals surface area contributed by atoms with Crippen molar-refractivity contribution < 1.29 is 9.53 Å². The highest BCUT2D eigenvalue weighted by Crippen LogP contribution is 2.22. The van der Waals surface area contributed by atoms with Crippen LogP contribution in [0.3, 0.4) is 0 Å². The number of amides is 1. The van der Waals surface area contributed by atoms with Gasteiger partial charge in [-0.05, 0) is 19.1 Å². The van der Waals surface area contributed by atoms with Crippen molar-refractivity contribution in [1.29, 1.82) is 0 Å². The fraction of sp³-hybridized carbons (Fsp3) is 0.429. The van der Waals surface area contributed by atoms with E-state index in [1.165, 1.54) is 0 Å². The molecule has 0 aliphatic heterocycles. The summed E-state index contributed by atoms with van der Waals surface area (Å²) in [7, 11) is 3.55. The van der Waals surface area contributed by atoms with E-state index in [1.54, 1.807) is 13.3 Å². The van der Waals surface area contributed by atoms with Gasteiger partial charge in [0.25, 0.3) is 5.91 Å². The Balaban J connectivity index is 2.84. The third-order valence-corrected chi connectivity index (χ3v) is 2.82. The summed E-state index contributed by atoms with van der Waals surface area (Å²) in [5.41, 5.74) is 1.88. The molecule has 5 nitrogen and oxygen atoms in total. The second kappa shape index (κ2) is 7.53. The van der Waals surface area contributed by atoms with Crippen LogP contribution >= 0.6 is 0 Å². The highest BCUT2D eigenvalue weighted by molar-refractivity contribution is 6.19. The van der Waals surface area contributed by atoms with Gasteiger partial charge < -0.3 is 15.0 Å². The van der Waals surface area contributed by atoms with Crippen molar-refractivity contribution in [2.45, 2.75) is 6.92 Å². The van der Waals surface area contributed by atoms with Crippen LogP contribution in [0.4, 0.5) is 5.69 Å². The van der Waals surface area contributed by atoms with Gasteiger partial charge in [0.1, 0.15) is 0 Å². The SMILES string of the molecule is C=C(C(=O)NCCOC)c1ncccc1N(C)CC. The zero-order valence-electron chi connectivity index (χ0n) is 11.8. The topological polar surface area (TPSA) is 54.5 Å². The highest BCUT2D eigenvalue weighted by Gasteiger charge is 2.15. The zero-order valence-corrected chi connectivity index (χ0v) is 11.8. The molecule has 0 saturated carbocycles. The summed E-state index contributed by atoms with van der Waals surface area (Å²) in [5.74, 6) is -0.221. The van der Waals surface area contributed by atoms with Gasteiger partial charge in [-0.25, -0.2) is 0 Å². The molecule has 0 fully saturated rings. The molecule has 0 bridgehead atoms. The molecule has 1 aromatic rings. The van der Waals surface area contributed by atoms with Crippen LogP contribution in [-0.2, 0) is 9.53 Å². The molecule has 0 aliphatic rings. The standard InChI is InChI=1S/C14H21N3O2/c1-5-17(3)12-7-6-8-15-13(12)11(2)14(18)16-9-10-19-4/h6-8H,2,5,9-10H2,1,3-4H3,(H,16,18). The Morgan fingerprint density at radius 2 is 2.32 bits per heavy atom. The number of carbonyl (C=O) groups excluding carboxylic acids is 1. The minimum Gasteiger partial charge on any atom is -0.383 e. The van der Waals surface area contributed by atoms with E-state index >= 15 is 0 Å². The molecular formula is C14H21N3O2. The van der Waals surface area contributed by atoms with Crippen LogP contribution in [0, 0.1) is 0 Å². The second-order valence-corrected chi connectivity index (χ2v) is 4.11.